The highest BCUT2D eigenvalue weighted by Gasteiger charge is 2.44. The van der Waals surface area contributed by atoms with Gasteiger partial charge in [0.25, 0.3) is 5.91 Å². The van der Waals surface area contributed by atoms with E-state index in [0.717, 1.165) is 47.7 Å². The maximum Gasteiger partial charge on any atom is 0.265 e. The number of rotatable bonds is 3. The van der Waals surface area contributed by atoms with Crippen LogP contribution < -0.4 is 4.74 Å². The minimum atomic E-state index is -0.566. The van der Waals surface area contributed by atoms with E-state index in [2.05, 4.69) is 4.98 Å². The van der Waals surface area contributed by atoms with Gasteiger partial charge in [-0.2, -0.15) is 0 Å². The molecule has 27 heavy (non-hydrogen) atoms. The molecule has 1 aliphatic carbocycles. The second-order valence-corrected chi connectivity index (χ2v) is 8.71. The average molecular weight is 387 g/mol. The number of thiazole rings is 1. The van der Waals surface area contributed by atoms with Crippen molar-refractivity contribution in [1.82, 2.24) is 9.88 Å². The second-order valence-electron chi connectivity index (χ2n) is 7.71. The summed E-state index contributed by atoms with van der Waals surface area (Å²) >= 11 is 1.44. The zero-order valence-electron chi connectivity index (χ0n) is 15.9. The predicted octanol–water partition coefficient (Wildman–Crippen LogP) is 3.89. The maximum absolute atomic E-state index is 13.2. The normalized spacial score (nSPS) is 25.1. The zero-order chi connectivity index (χ0) is 19.0. The SMILES string of the molecule is COc1cccc(-c2nc(C)c(C(=O)N3CC[C@]4(O)CCCC[C@H]4C3)s2)c1. The van der Waals surface area contributed by atoms with Gasteiger partial charge in [0.05, 0.1) is 18.4 Å². The number of hydrogen-bond donors (Lipinski definition) is 1. The number of likely N-dealkylation sites (tertiary alicyclic amines) is 1. The van der Waals surface area contributed by atoms with Gasteiger partial charge in [-0.15, -0.1) is 11.3 Å². The Morgan fingerprint density at radius 2 is 2.22 bits per heavy atom. The lowest BCUT2D eigenvalue weighted by molar-refractivity contribution is -0.0885. The van der Waals surface area contributed by atoms with E-state index in [1.165, 1.54) is 11.3 Å². The van der Waals surface area contributed by atoms with Crippen molar-refractivity contribution >= 4 is 17.2 Å². The molecule has 2 aliphatic rings. The zero-order valence-corrected chi connectivity index (χ0v) is 16.7. The van der Waals surface area contributed by atoms with Crippen LogP contribution in [0.3, 0.4) is 0 Å². The lowest BCUT2D eigenvalue weighted by Crippen LogP contribution is -2.54. The highest BCUT2D eigenvalue weighted by atomic mass is 32.1. The van der Waals surface area contributed by atoms with E-state index in [-0.39, 0.29) is 11.8 Å². The molecule has 0 unspecified atom stereocenters. The molecule has 2 heterocycles. The van der Waals surface area contributed by atoms with Crippen molar-refractivity contribution in [2.45, 2.75) is 44.6 Å². The number of methoxy groups -OCH3 is 1. The lowest BCUT2D eigenvalue weighted by atomic mass is 9.71. The molecule has 144 valence electrons. The molecule has 2 aromatic rings. The first-order valence-corrected chi connectivity index (χ1v) is 10.5. The van der Waals surface area contributed by atoms with E-state index in [0.29, 0.717) is 24.4 Å². The fourth-order valence-electron chi connectivity index (χ4n) is 4.37. The molecule has 4 rings (SSSR count). The summed E-state index contributed by atoms with van der Waals surface area (Å²) in [5.41, 5.74) is 1.16. The Balaban J connectivity index is 1.55. The molecule has 6 heteroatoms. The smallest absolute Gasteiger partial charge is 0.265 e. The molecule has 1 aromatic heterocycles. The largest absolute Gasteiger partial charge is 0.497 e. The fourth-order valence-corrected chi connectivity index (χ4v) is 5.40. The molecule has 0 bridgehead atoms. The van der Waals surface area contributed by atoms with Crippen molar-refractivity contribution in [3.63, 3.8) is 0 Å². The number of aromatic nitrogens is 1. The quantitative estimate of drug-likeness (QED) is 0.869. The van der Waals surface area contributed by atoms with E-state index in [9.17, 15) is 9.90 Å². The first-order valence-electron chi connectivity index (χ1n) is 9.64. The molecule has 1 aromatic carbocycles. The number of hydrogen-bond acceptors (Lipinski definition) is 5. The molecule has 0 radical (unpaired) electrons. The minimum Gasteiger partial charge on any atom is -0.497 e. The number of benzene rings is 1. The first kappa shape index (κ1) is 18.4. The Hall–Kier alpha value is -1.92. The van der Waals surface area contributed by atoms with Gasteiger partial charge in [0.15, 0.2) is 0 Å². The van der Waals surface area contributed by atoms with Crippen LogP contribution in [0.4, 0.5) is 0 Å². The Morgan fingerprint density at radius 1 is 1.37 bits per heavy atom. The van der Waals surface area contributed by atoms with E-state index in [1.807, 2.05) is 36.1 Å². The van der Waals surface area contributed by atoms with Crippen LogP contribution in [0.1, 0.15) is 47.5 Å². The van der Waals surface area contributed by atoms with Crippen molar-refractivity contribution in [3.8, 4) is 16.3 Å². The van der Waals surface area contributed by atoms with E-state index in [1.54, 1.807) is 7.11 Å². The minimum absolute atomic E-state index is 0.0479. The van der Waals surface area contributed by atoms with Crippen LogP contribution in [0.15, 0.2) is 24.3 Å². The second kappa shape index (κ2) is 7.24. The van der Waals surface area contributed by atoms with E-state index >= 15 is 0 Å². The molecule has 1 amide bonds. The van der Waals surface area contributed by atoms with Crippen LogP contribution >= 0.6 is 11.3 Å². The average Bonchev–Trinajstić information content (AvgIpc) is 3.08. The number of aryl methyl sites for hydroxylation is 1. The third-order valence-electron chi connectivity index (χ3n) is 6.02. The first-order chi connectivity index (χ1) is 13.0. The number of carbonyl (C=O) groups excluding carboxylic acids is 1. The van der Waals surface area contributed by atoms with Crippen LogP contribution in [0.25, 0.3) is 10.6 Å². The summed E-state index contributed by atoms with van der Waals surface area (Å²) in [6, 6.07) is 7.75. The van der Waals surface area contributed by atoms with Gasteiger partial charge in [-0.25, -0.2) is 4.98 Å². The van der Waals surface area contributed by atoms with Crippen LogP contribution in [0.2, 0.25) is 0 Å². The summed E-state index contributed by atoms with van der Waals surface area (Å²) in [5.74, 6) is 1.03. The standard InChI is InChI=1S/C21H26N2O3S/c1-14-18(27-19(22-14)15-6-5-8-17(12-15)26-2)20(24)23-11-10-21(25)9-4-3-7-16(21)13-23/h5-6,8,12,16,25H,3-4,7,9-11,13H2,1-2H3/t16-,21+/m0/s1. The van der Waals surface area contributed by atoms with Crippen LogP contribution in [-0.2, 0) is 0 Å². The van der Waals surface area contributed by atoms with Gasteiger partial charge < -0.3 is 14.7 Å². The number of aliphatic hydroxyl groups is 1. The van der Waals surface area contributed by atoms with E-state index < -0.39 is 5.60 Å². The van der Waals surface area contributed by atoms with Crippen LogP contribution in [0, 0.1) is 12.8 Å². The summed E-state index contributed by atoms with van der Waals surface area (Å²) in [5, 5.41) is 11.7. The molecule has 1 N–H and O–H groups in total. The van der Waals surface area contributed by atoms with Gasteiger partial charge in [-0.05, 0) is 38.3 Å². The molecule has 2 atom stereocenters. The molecular formula is C21H26N2O3S. The summed E-state index contributed by atoms with van der Waals surface area (Å²) < 4.78 is 5.29. The summed E-state index contributed by atoms with van der Waals surface area (Å²) in [4.78, 5) is 20.4. The molecular weight excluding hydrogens is 360 g/mol. The van der Waals surface area contributed by atoms with Gasteiger partial charge >= 0.3 is 0 Å². The van der Waals surface area contributed by atoms with Crippen molar-refractivity contribution in [1.29, 1.82) is 0 Å². The Kier molecular flexibility index (Phi) is 4.95. The van der Waals surface area contributed by atoms with Crippen molar-refractivity contribution in [2.75, 3.05) is 20.2 Å². The van der Waals surface area contributed by atoms with Gasteiger partial charge in [0.1, 0.15) is 15.6 Å². The summed E-state index contributed by atoms with van der Waals surface area (Å²) in [6.07, 6.45) is 4.81. The highest BCUT2D eigenvalue weighted by Crippen LogP contribution is 2.40. The fraction of sp³-hybridized carbons (Fsp3) is 0.524. The van der Waals surface area contributed by atoms with Crippen molar-refractivity contribution in [2.24, 2.45) is 5.92 Å². The summed E-state index contributed by atoms with van der Waals surface area (Å²) in [7, 11) is 1.64. The Labute approximate surface area is 164 Å². The number of ether oxygens (including phenoxy) is 1. The molecule has 0 spiro atoms. The van der Waals surface area contributed by atoms with Gasteiger partial charge in [-0.1, -0.05) is 25.0 Å². The van der Waals surface area contributed by atoms with Crippen LogP contribution in [0.5, 0.6) is 5.75 Å². The molecule has 2 fully saturated rings. The Morgan fingerprint density at radius 3 is 3.04 bits per heavy atom. The maximum atomic E-state index is 13.2. The van der Waals surface area contributed by atoms with Crippen LogP contribution in [-0.4, -0.2) is 46.7 Å². The van der Waals surface area contributed by atoms with Gasteiger partial charge in [-0.3, -0.25) is 4.79 Å². The number of fused-ring (bicyclic) bond motifs is 1. The van der Waals surface area contributed by atoms with Gasteiger partial charge in [0, 0.05) is 24.6 Å². The number of nitrogens with zero attached hydrogens (tertiary/aromatic N) is 2. The third kappa shape index (κ3) is 3.48. The van der Waals surface area contributed by atoms with Gasteiger partial charge in [0.2, 0.25) is 0 Å². The molecule has 1 saturated heterocycles. The highest BCUT2D eigenvalue weighted by molar-refractivity contribution is 7.17. The number of carbonyl (C=O) groups is 1. The Bertz CT molecular complexity index is 850. The molecule has 1 saturated carbocycles. The summed E-state index contributed by atoms with van der Waals surface area (Å²) in [6.45, 7) is 3.17. The lowest BCUT2D eigenvalue weighted by Gasteiger charge is -2.47. The predicted molar refractivity (Wildman–Crippen MR) is 106 cm³/mol. The topological polar surface area (TPSA) is 62.7 Å². The molecule has 5 nitrogen and oxygen atoms in total. The van der Waals surface area contributed by atoms with E-state index in [4.69, 9.17) is 4.74 Å². The number of amides is 1. The third-order valence-corrected chi connectivity index (χ3v) is 7.22. The number of piperidine rings is 1. The molecule has 1 aliphatic heterocycles. The monoisotopic (exact) mass is 386 g/mol. The van der Waals surface area contributed by atoms with Crippen molar-refractivity contribution < 1.29 is 14.6 Å². The van der Waals surface area contributed by atoms with Crippen molar-refractivity contribution in [3.05, 3.63) is 34.8 Å².